The topological polar surface area (TPSA) is 40.2 Å². The van der Waals surface area contributed by atoms with Gasteiger partial charge in [-0.3, -0.25) is 0 Å². The highest BCUT2D eigenvalue weighted by Gasteiger charge is 2.30. The van der Waals surface area contributed by atoms with Crippen molar-refractivity contribution in [1.29, 1.82) is 0 Å². The summed E-state index contributed by atoms with van der Waals surface area (Å²) in [6.07, 6.45) is -0.290. The fourth-order valence-electron chi connectivity index (χ4n) is 3.13. The molecular formula is C21H27NO4. The number of rotatable bonds is 7. The molecule has 0 spiro atoms. The van der Waals surface area contributed by atoms with Crippen LogP contribution in [-0.4, -0.2) is 51.5 Å². The molecular weight excluding hydrogens is 330 g/mol. The highest BCUT2D eigenvalue weighted by Crippen LogP contribution is 2.34. The van der Waals surface area contributed by atoms with Crippen LogP contribution in [0.15, 0.2) is 48.5 Å². The average Bonchev–Trinajstić information content (AvgIpc) is 2.67. The number of methoxy groups -OCH3 is 1. The lowest BCUT2D eigenvalue weighted by molar-refractivity contribution is -0.0764. The molecule has 2 atom stereocenters. The Labute approximate surface area is 155 Å². The van der Waals surface area contributed by atoms with Crippen molar-refractivity contribution >= 4 is 0 Å². The van der Waals surface area contributed by atoms with E-state index >= 15 is 0 Å². The lowest BCUT2D eigenvalue weighted by atomic mass is 10.0. The maximum Gasteiger partial charge on any atom is 0.162 e. The molecule has 2 unspecified atom stereocenters. The van der Waals surface area contributed by atoms with E-state index in [-0.39, 0.29) is 12.2 Å². The van der Waals surface area contributed by atoms with E-state index in [1.807, 2.05) is 55.5 Å². The Balaban J connectivity index is 1.88. The molecule has 0 radical (unpaired) electrons. The summed E-state index contributed by atoms with van der Waals surface area (Å²) in [5.41, 5.74) is 1.06. The number of benzene rings is 2. The van der Waals surface area contributed by atoms with Crippen molar-refractivity contribution in [2.24, 2.45) is 0 Å². The van der Waals surface area contributed by atoms with Gasteiger partial charge in [0.2, 0.25) is 0 Å². The van der Waals surface area contributed by atoms with Crippen LogP contribution in [0.3, 0.4) is 0 Å². The number of ether oxygens (including phenoxy) is 4. The minimum atomic E-state index is -0.232. The Morgan fingerprint density at radius 2 is 1.85 bits per heavy atom. The predicted molar refractivity (Wildman–Crippen MR) is 101 cm³/mol. The number of hydrogen-bond donors (Lipinski definition) is 0. The summed E-state index contributed by atoms with van der Waals surface area (Å²) < 4.78 is 23.4. The van der Waals surface area contributed by atoms with Crippen LogP contribution in [0.5, 0.6) is 17.2 Å². The molecule has 1 aliphatic heterocycles. The summed E-state index contributed by atoms with van der Waals surface area (Å²) in [6, 6.07) is 15.7. The fraction of sp³-hybridized carbons (Fsp3) is 0.429. The number of para-hydroxylation sites is 2. The molecule has 2 aromatic rings. The maximum absolute atomic E-state index is 6.39. The predicted octanol–water partition coefficient (Wildman–Crippen LogP) is 3.54. The Morgan fingerprint density at radius 1 is 1.12 bits per heavy atom. The summed E-state index contributed by atoms with van der Waals surface area (Å²) in [7, 11) is 3.76. The first-order valence-electron chi connectivity index (χ1n) is 9.04. The summed E-state index contributed by atoms with van der Waals surface area (Å²) >= 11 is 0. The summed E-state index contributed by atoms with van der Waals surface area (Å²) in [6.45, 7) is 5.07. The number of nitrogens with zero attached hydrogens (tertiary/aromatic N) is 1. The molecule has 3 rings (SSSR count). The van der Waals surface area contributed by atoms with Gasteiger partial charge in [-0.2, -0.15) is 0 Å². The molecule has 1 fully saturated rings. The summed E-state index contributed by atoms with van der Waals surface area (Å²) in [5, 5.41) is 0. The summed E-state index contributed by atoms with van der Waals surface area (Å²) in [5.74, 6) is 2.28. The Morgan fingerprint density at radius 3 is 2.50 bits per heavy atom. The molecule has 26 heavy (non-hydrogen) atoms. The Bertz CT molecular complexity index is 689. The Hall–Kier alpha value is -2.24. The number of morpholine rings is 1. The Kier molecular flexibility index (Phi) is 6.36. The third-order valence-corrected chi connectivity index (χ3v) is 4.48. The lowest BCUT2D eigenvalue weighted by Crippen LogP contribution is -2.44. The van der Waals surface area contributed by atoms with Crippen molar-refractivity contribution in [3.63, 3.8) is 0 Å². The van der Waals surface area contributed by atoms with E-state index in [4.69, 9.17) is 18.9 Å². The molecule has 0 N–H and O–H groups in total. The van der Waals surface area contributed by atoms with Gasteiger partial charge in [-0.05, 0) is 43.8 Å². The summed E-state index contributed by atoms with van der Waals surface area (Å²) in [4.78, 5) is 2.27. The van der Waals surface area contributed by atoms with E-state index in [1.54, 1.807) is 7.11 Å². The van der Waals surface area contributed by atoms with Gasteiger partial charge >= 0.3 is 0 Å². The standard InChI is InChI=1S/C21H27NO4/c1-4-24-17-11-9-16(10-12-17)21(20-15-22(2)13-14-25-20)26-19-8-6-5-7-18(19)23-3/h5-12,20-21H,4,13-15H2,1-3H3. The molecule has 1 aliphatic rings. The van der Waals surface area contributed by atoms with Gasteiger partial charge in [0.15, 0.2) is 17.6 Å². The van der Waals surface area contributed by atoms with Gasteiger partial charge in [0.1, 0.15) is 11.9 Å². The van der Waals surface area contributed by atoms with Gasteiger partial charge in [0, 0.05) is 13.1 Å². The molecule has 0 aromatic heterocycles. The van der Waals surface area contributed by atoms with E-state index in [0.717, 1.165) is 24.4 Å². The lowest BCUT2D eigenvalue weighted by Gasteiger charge is -2.35. The minimum Gasteiger partial charge on any atom is -0.494 e. The van der Waals surface area contributed by atoms with E-state index in [9.17, 15) is 0 Å². The van der Waals surface area contributed by atoms with Crippen molar-refractivity contribution in [3.8, 4) is 17.2 Å². The monoisotopic (exact) mass is 357 g/mol. The van der Waals surface area contributed by atoms with E-state index in [2.05, 4.69) is 11.9 Å². The maximum atomic E-state index is 6.39. The first-order chi connectivity index (χ1) is 12.7. The molecule has 5 nitrogen and oxygen atoms in total. The second-order valence-corrected chi connectivity index (χ2v) is 6.36. The van der Waals surface area contributed by atoms with Gasteiger partial charge in [-0.1, -0.05) is 24.3 Å². The highest BCUT2D eigenvalue weighted by molar-refractivity contribution is 5.40. The third kappa shape index (κ3) is 4.48. The third-order valence-electron chi connectivity index (χ3n) is 4.48. The first kappa shape index (κ1) is 18.5. The minimum absolute atomic E-state index is 0.0587. The second-order valence-electron chi connectivity index (χ2n) is 6.36. The van der Waals surface area contributed by atoms with Gasteiger partial charge < -0.3 is 23.8 Å². The van der Waals surface area contributed by atoms with Crippen LogP contribution in [0.25, 0.3) is 0 Å². The molecule has 5 heteroatoms. The zero-order valence-corrected chi connectivity index (χ0v) is 15.7. The molecule has 1 heterocycles. The van der Waals surface area contributed by atoms with Crippen LogP contribution in [0, 0.1) is 0 Å². The van der Waals surface area contributed by atoms with Gasteiger partial charge in [0.25, 0.3) is 0 Å². The molecule has 2 aromatic carbocycles. The van der Waals surface area contributed by atoms with E-state index in [1.165, 1.54) is 0 Å². The SMILES string of the molecule is CCOc1ccc(C(Oc2ccccc2OC)C2CN(C)CCO2)cc1. The van der Waals surface area contributed by atoms with Gasteiger partial charge in [-0.15, -0.1) is 0 Å². The molecule has 0 bridgehead atoms. The van der Waals surface area contributed by atoms with Crippen LogP contribution in [0.2, 0.25) is 0 Å². The van der Waals surface area contributed by atoms with Crippen molar-refractivity contribution in [1.82, 2.24) is 4.90 Å². The largest absolute Gasteiger partial charge is 0.494 e. The zero-order chi connectivity index (χ0) is 18.4. The number of likely N-dealkylation sites (N-methyl/N-ethyl adjacent to an activating group) is 1. The van der Waals surface area contributed by atoms with Crippen molar-refractivity contribution in [3.05, 3.63) is 54.1 Å². The van der Waals surface area contributed by atoms with Crippen LogP contribution in [-0.2, 0) is 4.74 Å². The molecule has 0 amide bonds. The highest BCUT2D eigenvalue weighted by atomic mass is 16.6. The molecule has 0 saturated carbocycles. The van der Waals surface area contributed by atoms with E-state index < -0.39 is 0 Å². The van der Waals surface area contributed by atoms with Crippen LogP contribution < -0.4 is 14.2 Å². The fourth-order valence-corrected chi connectivity index (χ4v) is 3.13. The second kappa shape index (κ2) is 8.92. The van der Waals surface area contributed by atoms with Gasteiger partial charge in [-0.25, -0.2) is 0 Å². The smallest absolute Gasteiger partial charge is 0.162 e. The quantitative estimate of drug-likeness (QED) is 0.758. The molecule has 1 saturated heterocycles. The average molecular weight is 357 g/mol. The zero-order valence-electron chi connectivity index (χ0n) is 15.7. The van der Waals surface area contributed by atoms with Crippen LogP contribution in [0.4, 0.5) is 0 Å². The van der Waals surface area contributed by atoms with Crippen molar-refractivity contribution in [2.45, 2.75) is 19.1 Å². The number of hydrogen-bond acceptors (Lipinski definition) is 5. The van der Waals surface area contributed by atoms with Crippen molar-refractivity contribution < 1.29 is 18.9 Å². The van der Waals surface area contributed by atoms with Crippen molar-refractivity contribution in [2.75, 3.05) is 40.5 Å². The van der Waals surface area contributed by atoms with E-state index in [0.29, 0.717) is 24.7 Å². The molecule has 140 valence electrons. The van der Waals surface area contributed by atoms with Gasteiger partial charge in [0.05, 0.1) is 20.3 Å². The van der Waals surface area contributed by atoms with Crippen LogP contribution >= 0.6 is 0 Å². The van der Waals surface area contributed by atoms with Crippen LogP contribution in [0.1, 0.15) is 18.6 Å². The normalized spacial score (nSPS) is 19.0. The first-order valence-corrected chi connectivity index (χ1v) is 9.04. The molecule has 0 aliphatic carbocycles.